The highest BCUT2D eigenvalue weighted by atomic mass is 19.1. The monoisotopic (exact) mass is 184 g/mol. The Balaban J connectivity index is 2.88. The molecule has 0 fully saturated rings. The van der Waals surface area contributed by atoms with E-state index in [1.807, 2.05) is 6.92 Å². The third-order valence-electron chi connectivity index (χ3n) is 2.22. The molecule has 0 saturated heterocycles. The predicted octanol–water partition coefficient (Wildman–Crippen LogP) is 3.87. The van der Waals surface area contributed by atoms with E-state index in [0.29, 0.717) is 5.56 Å². The van der Waals surface area contributed by atoms with Gasteiger partial charge in [-0.1, -0.05) is 26.3 Å². The van der Waals surface area contributed by atoms with Crippen LogP contribution in [0.1, 0.15) is 38.2 Å². The van der Waals surface area contributed by atoms with Crippen LogP contribution in [0.2, 0.25) is 0 Å². The van der Waals surface area contributed by atoms with Crippen LogP contribution in [0.4, 0.5) is 8.78 Å². The summed E-state index contributed by atoms with van der Waals surface area (Å²) in [4.78, 5) is 0. The molecule has 1 unspecified atom stereocenters. The lowest BCUT2D eigenvalue weighted by Gasteiger charge is -2.11. The molecule has 1 rings (SSSR count). The molecule has 2 heteroatoms. The quantitative estimate of drug-likeness (QED) is 0.669. The number of halogens is 2. The molecule has 0 aliphatic rings. The SMILES string of the molecule is CCCC(C)c1ccc(F)cc1F. The lowest BCUT2D eigenvalue weighted by Crippen LogP contribution is -1.97. The Morgan fingerprint density at radius 2 is 2.00 bits per heavy atom. The Bertz CT molecular complexity index is 281. The fourth-order valence-electron chi connectivity index (χ4n) is 1.49. The summed E-state index contributed by atoms with van der Waals surface area (Å²) < 4.78 is 25.7. The maximum absolute atomic E-state index is 13.2. The van der Waals surface area contributed by atoms with Crippen LogP contribution in [0, 0.1) is 11.6 Å². The highest BCUT2D eigenvalue weighted by molar-refractivity contribution is 5.21. The molecule has 1 aromatic carbocycles. The minimum atomic E-state index is -0.509. The van der Waals surface area contributed by atoms with Crippen molar-refractivity contribution in [1.29, 1.82) is 0 Å². The van der Waals surface area contributed by atoms with Crippen molar-refractivity contribution in [2.24, 2.45) is 0 Å². The number of rotatable bonds is 3. The van der Waals surface area contributed by atoms with Crippen LogP contribution in [-0.4, -0.2) is 0 Å². The molecule has 0 spiro atoms. The van der Waals surface area contributed by atoms with Crippen molar-refractivity contribution in [3.8, 4) is 0 Å². The Morgan fingerprint density at radius 3 is 2.54 bits per heavy atom. The van der Waals surface area contributed by atoms with Crippen LogP contribution in [0.15, 0.2) is 18.2 Å². The average molecular weight is 184 g/mol. The topological polar surface area (TPSA) is 0 Å². The van der Waals surface area contributed by atoms with Crippen molar-refractivity contribution in [3.63, 3.8) is 0 Å². The first-order valence-electron chi connectivity index (χ1n) is 4.60. The molecule has 72 valence electrons. The average Bonchev–Trinajstić information content (AvgIpc) is 2.04. The molecule has 0 aromatic heterocycles. The molecule has 0 heterocycles. The van der Waals surface area contributed by atoms with Crippen molar-refractivity contribution in [2.45, 2.75) is 32.6 Å². The summed E-state index contributed by atoms with van der Waals surface area (Å²) in [5, 5.41) is 0. The van der Waals surface area contributed by atoms with E-state index in [4.69, 9.17) is 0 Å². The molecule has 13 heavy (non-hydrogen) atoms. The summed E-state index contributed by atoms with van der Waals surface area (Å²) in [5.41, 5.74) is 0.614. The van der Waals surface area contributed by atoms with Gasteiger partial charge >= 0.3 is 0 Å². The first kappa shape index (κ1) is 10.2. The maximum Gasteiger partial charge on any atom is 0.129 e. The molecule has 1 atom stereocenters. The maximum atomic E-state index is 13.2. The molecule has 0 nitrogen and oxygen atoms in total. The molecule has 0 N–H and O–H groups in total. The van der Waals surface area contributed by atoms with Crippen LogP contribution < -0.4 is 0 Å². The fourth-order valence-corrected chi connectivity index (χ4v) is 1.49. The summed E-state index contributed by atoms with van der Waals surface area (Å²) in [6.07, 6.45) is 1.94. The molecule has 0 saturated carbocycles. The highest BCUT2D eigenvalue weighted by Crippen LogP contribution is 2.23. The van der Waals surface area contributed by atoms with Gasteiger partial charge in [-0.3, -0.25) is 0 Å². The van der Waals surface area contributed by atoms with Gasteiger partial charge in [0.05, 0.1) is 0 Å². The van der Waals surface area contributed by atoms with E-state index in [-0.39, 0.29) is 5.92 Å². The van der Waals surface area contributed by atoms with Crippen molar-refractivity contribution in [3.05, 3.63) is 35.4 Å². The highest BCUT2D eigenvalue weighted by Gasteiger charge is 2.10. The van der Waals surface area contributed by atoms with E-state index in [1.54, 1.807) is 0 Å². The smallest absolute Gasteiger partial charge is 0.129 e. The van der Waals surface area contributed by atoms with E-state index in [1.165, 1.54) is 12.1 Å². The predicted molar refractivity (Wildman–Crippen MR) is 49.7 cm³/mol. The van der Waals surface area contributed by atoms with Crippen LogP contribution in [-0.2, 0) is 0 Å². The standard InChI is InChI=1S/C11H14F2/c1-3-4-8(2)10-6-5-9(12)7-11(10)13/h5-8H,3-4H2,1-2H3. The van der Waals surface area contributed by atoms with Gasteiger partial charge in [0.15, 0.2) is 0 Å². The van der Waals surface area contributed by atoms with E-state index in [9.17, 15) is 8.78 Å². The van der Waals surface area contributed by atoms with Crippen molar-refractivity contribution >= 4 is 0 Å². The Kier molecular flexibility index (Phi) is 3.40. The normalized spacial score (nSPS) is 12.9. The molecule has 0 aliphatic heterocycles. The largest absolute Gasteiger partial charge is 0.207 e. The Morgan fingerprint density at radius 1 is 1.31 bits per heavy atom. The van der Waals surface area contributed by atoms with E-state index >= 15 is 0 Å². The molecule has 0 amide bonds. The fraction of sp³-hybridized carbons (Fsp3) is 0.455. The second-order valence-electron chi connectivity index (χ2n) is 3.36. The summed E-state index contributed by atoms with van der Waals surface area (Å²) in [6, 6.07) is 3.79. The summed E-state index contributed by atoms with van der Waals surface area (Å²) in [6.45, 7) is 4.01. The minimum absolute atomic E-state index is 0.172. The second kappa shape index (κ2) is 4.35. The zero-order valence-corrected chi connectivity index (χ0v) is 7.98. The third kappa shape index (κ3) is 2.51. The second-order valence-corrected chi connectivity index (χ2v) is 3.36. The van der Waals surface area contributed by atoms with Crippen molar-refractivity contribution in [1.82, 2.24) is 0 Å². The summed E-state index contributed by atoms with van der Waals surface area (Å²) >= 11 is 0. The van der Waals surface area contributed by atoms with Crippen LogP contribution in [0.3, 0.4) is 0 Å². The molecular weight excluding hydrogens is 170 g/mol. The van der Waals surface area contributed by atoms with Crippen LogP contribution >= 0.6 is 0 Å². The van der Waals surface area contributed by atoms with Gasteiger partial charge in [-0.05, 0) is 24.0 Å². The molecular formula is C11H14F2. The van der Waals surface area contributed by atoms with Crippen LogP contribution in [0.5, 0.6) is 0 Å². The zero-order chi connectivity index (χ0) is 9.84. The number of hydrogen-bond donors (Lipinski definition) is 0. The third-order valence-corrected chi connectivity index (χ3v) is 2.22. The molecule has 0 radical (unpaired) electrons. The van der Waals surface area contributed by atoms with E-state index in [0.717, 1.165) is 18.9 Å². The van der Waals surface area contributed by atoms with Gasteiger partial charge in [0.25, 0.3) is 0 Å². The van der Waals surface area contributed by atoms with Crippen LogP contribution in [0.25, 0.3) is 0 Å². The minimum Gasteiger partial charge on any atom is -0.207 e. The number of benzene rings is 1. The van der Waals surface area contributed by atoms with Gasteiger partial charge in [-0.25, -0.2) is 8.78 Å². The van der Waals surface area contributed by atoms with Gasteiger partial charge in [0, 0.05) is 6.07 Å². The van der Waals surface area contributed by atoms with Gasteiger partial charge < -0.3 is 0 Å². The van der Waals surface area contributed by atoms with Gasteiger partial charge in [0.2, 0.25) is 0 Å². The number of hydrogen-bond acceptors (Lipinski definition) is 0. The van der Waals surface area contributed by atoms with Gasteiger partial charge in [-0.15, -0.1) is 0 Å². The lowest BCUT2D eigenvalue weighted by molar-refractivity contribution is 0.548. The lowest BCUT2D eigenvalue weighted by atomic mass is 9.96. The zero-order valence-electron chi connectivity index (χ0n) is 7.98. The van der Waals surface area contributed by atoms with Crippen molar-refractivity contribution < 1.29 is 8.78 Å². The van der Waals surface area contributed by atoms with Crippen molar-refractivity contribution in [2.75, 3.05) is 0 Å². The van der Waals surface area contributed by atoms with E-state index in [2.05, 4.69) is 6.92 Å². The first-order chi connectivity index (χ1) is 6.15. The Hall–Kier alpha value is -0.920. The van der Waals surface area contributed by atoms with Gasteiger partial charge in [-0.2, -0.15) is 0 Å². The molecule has 0 aliphatic carbocycles. The summed E-state index contributed by atoms with van der Waals surface area (Å²) in [7, 11) is 0. The summed E-state index contributed by atoms with van der Waals surface area (Å²) in [5.74, 6) is -0.767. The first-order valence-corrected chi connectivity index (χ1v) is 4.60. The van der Waals surface area contributed by atoms with Gasteiger partial charge in [0.1, 0.15) is 11.6 Å². The molecule has 1 aromatic rings. The van der Waals surface area contributed by atoms with E-state index < -0.39 is 11.6 Å². The molecule has 0 bridgehead atoms. The Labute approximate surface area is 77.6 Å².